The molecular formula is C11H7F5O2. The second kappa shape index (κ2) is 4.75. The molecule has 0 saturated heterocycles. The Hall–Kier alpha value is -1.92. The van der Waals surface area contributed by atoms with E-state index < -0.39 is 34.9 Å². The number of alkyl halides is 3. The lowest BCUT2D eigenvalue weighted by molar-refractivity contribution is -0.140. The van der Waals surface area contributed by atoms with Crippen LogP contribution in [0.15, 0.2) is 17.7 Å². The fourth-order valence-corrected chi connectivity index (χ4v) is 1.19. The fraction of sp³-hybridized carbons (Fsp3) is 0.182. The first-order valence-corrected chi connectivity index (χ1v) is 4.61. The van der Waals surface area contributed by atoms with E-state index >= 15 is 0 Å². The predicted octanol–water partition coefficient (Wildman–Crippen LogP) is 3.47. The summed E-state index contributed by atoms with van der Waals surface area (Å²) in [5.41, 5.74) is -2.61. The van der Waals surface area contributed by atoms with Crippen molar-refractivity contribution in [3.05, 3.63) is 40.5 Å². The molecule has 0 aliphatic heterocycles. The second-order valence-electron chi connectivity index (χ2n) is 3.46. The molecule has 2 nitrogen and oxygen atoms in total. The molecule has 0 aliphatic rings. The number of halogens is 5. The van der Waals surface area contributed by atoms with Crippen molar-refractivity contribution in [2.75, 3.05) is 0 Å². The molecule has 0 fully saturated rings. The first-order chi connectivity index (χ1) is 8.14. The van der Waals surface area contributed by atoms with Crippen LogP contribution in [-0.2, 0) is 11.0 Å². The quantitative estimate of drug-likeness (QED) is 0.657. The highest BCUT2D eigenvalue weighted by Crippen LogP contribution is 2.33. The normalized spacial score (nSPS) is 12.7. The molecule has 0 aromatic heterocycles. The van der Waals surface area contributed by atoms with Gasteiger partial charge in [-0.05, 0) is 19.1 Å². The van der Waals surface area contributed by atoms with Gasteiger partial charge >= 0.3 is 12.1 Å². The number of benzene rings is 1. The average molecular weight is 266 g/mol. The van der Waals surface area contributed by atoms with E-state index in [1.807, 2.05) is 0 Å². The third kappa shape index (κ3) is 2.85. The van der Waals surface area contributed by atoms with Gasteiger partial charge in [0.25, 0.3) is 0 Å². The van der Waals surface area contributed by atoms with E-state index in [2.05, 4.69) is 0 Å². The SMILES string of the molecule is C/C(=C\c1ccc(C(F)(F)F)c(F)c1F)C(=O)O. The third-order valence-corrected chi connectivity index (χ3v) is 2.13. The third-order valence-electron chi connectivity index (χ3n) is 2.13. The van der Waals surface area contributed by atoms with Crippen molar-refractivity contribution >= 4 is 12.0 Å². The first-order valence-electron chi connectivity index (χ1n) is 4.61. The Bertz CT molecular complexity index is 517. The average Bonchev–Trinajstić information content (AvgIpc) is 2.22. The van der Waals surface area contributed by atoms with Crippen LogP contribution in [0.4, 0.5) is 22.0 Å². The van der Waals surface area contributed by atoms with Crippen LogP contribution < -0.4 is 0 Å². The zero-order valence-corrected chi connectivity index (χ0v) is 8.98. The molecule has 1 aromatic carbocycles. The summed E-state index contributed by atoms with van der Waals surface area (Å²) in [4.78, 5) is 10.5. The number of carboxylic acids is 1. The van der Waals surface area contributed by atoms with Crippen molar-refractivity contribution in [1.82, 2.24) is 0 Å². The fourth-order valence-electron chi connectivity index (χ4n) is 1.19. The van der Waals surface area contributed by atoms with Gasteiger partial charge in [-0.2, -0.15) is 13.2 Å². The minimum atomic E-state index is -5.00. The molecule has 0 saturated carbocycles. The summed E-state index contributed by atoms with van der Waals surface area (Å²) in [6.45, 7) is 1.11. The number of carboxylic acid groups (broad SMARTS) is 1. The lowest BCUT2D eigenvalue weighted by Crippen LogP contribution is -2.10. The van der Waals surface area contributed by atoms with Crippen LogP contribution >= 0.6 is 0 Å². The predicted molar refractivity (Wildman–Crippen MR) is 52.6 cm³/mol. The molecule has 98 valence electrons. The van der Waals surface area contributed by atoms with E-state index in [0.29, 0.717) is 12.1 Å². The van der Waals surface area contributed by atoms with Gasteiger partial charge in [0.15, 0.2) is 11.6 Å². The Balaban J connectivity index is 3.34. The van der Waals surface area contributed by atoms with Crippen LogP contribution in [0.2, 0.25) is 0 Å². The second-order valence-corrected chi connectivity index (χ2v) is 3.46. The van der Waals surface area contributed by atoms with Crippen LogP contribution in [0.3, 0.4) is 0 Å². The van der Waals surface area contributed by atoms with Gasteiger partial charge in [-0.1, -0.05) is 6.07 Å². The highest BCUT2D eigenvalue weighted by atomic mass is 19.4. The van der Waals surface area contributed by atoms with Crippen molar-refractivity contribution in [2.45, 2.75) is 13.1 Å². The monoisotopic (exact) mass is 266 g/mol. The summed E-state index contributed by atoms with van der Waals surface area (Å²) in [6, 6.07) is 1.03. The maximum Gasteiger partial charge on any atom is 0.419 e. The largest absolute Gasteiger partial charge is 0.478 e. The molecule has 0 heterocycles. The van der Waals surface area contributed by atoms with Gasteiger partial charge in [-0.3, -0.25) is 0 Å². The highest BCUT2D eigenvalue weighted by molar-refractivity contribution is 5.91. The van der Waals surface area contributed by atoms with E-state index in [-0.39, 0.29) is 5.57 Å². The molecule has 0 radical (unpaired) electrons. The molecule has 0 bridgehead atoms. The van der Waals surface area contributed by atoms with Crippen LogP contribution in [-0.4, -0.2) is 11.1 Å². The molecule has 1 aromatic rings. The molecule has 0 amide bonds. The molecule has 7 heteroatoms. The van der Waals surface area contributed by atoms with Crippen LogP contribution in [0, 0.1) is 11.6 Å². The van der Waals surface area contributed by atoms with E-state index in [0.717, 1.165) is 13.0 Å². The lowest BCUT2D eigenvalue weighted by atomic mass is 10.1. The first kappa shape index (κ1) is 14.1. The minimum absolute atomic E-state index is 0.326. The Morgan fingerprint density at radius 2 is 1.78 bits per heavy atom. The maximum atomic E-state index is 13.3. The van der Waals surface area contributed by atoms with Crippen molar-refractivity contribution in [2.24, 2.45) is 0 Å². The zero-order chi connectivity index (χ0) is 14.1. The van der Waals surface area contributed by atoms with Gasteiger partial charge in [0.1, 0.15) is 0 Å². The van der Waals surface area contributed by atoms with Crippen LogP contribution in [0.5, 0.6) is 0 Å². The van der Waals surface area contributed by atoms with Crippen molar-refractivity contribution < 1.29 is 31.9 Å². The molecule has 0 spiro atoms. The number of rotatable bonds is 2. The molecular weight excluding hydrogens is 259 g/mol. The Labute approximate surface area is 98.3 Å². The molecule has 18 heavy (non-hydrogen) atoms. The van der Waals surface area contributed by atoms with E-state index in [1.165, 1.54) is 0 Å². The van der Waals surface area contributed by atoms with Gasteiger partial charge in [0, 0.05) is 11.1 Å². The van der Waals surface area contributed by atoms with Crippen LogP contribution in [0.25, 0.3) is 6.08 Å². The zero-order valence-electron chi connectivity index (χ0n) is 8.98. The summed E-state index contributed by atoms with van der Waals surface area (Å²) in [7, 11) is 0. The van der Waals surface area contributed by atoms with Gasteiger partial charge < -0.3 is 5.11 Å². The Morgan fingerprint density at radius 1 is 1.22 bits per heavy atom. The summed E-state index contributed by atoms with van der Waals surface area (Å²) in [5.74, 6) is -5.16. The molecule has 1 rings (SSSR count). The summed E-state index contributed by atoms with van der Waals surface area (Å²) >= 11 is 0. The summed E-state index contributed by atoms with van der Waals surface area (Å²) in [6.07, 6.45) is -4.25. The lowest BCUT2D eigenvalue weighted by Gasteiger charge is -2.09. The minimum Gasteiger partial charge on any atom is -0.478 e. The molecule has 0 aliphatic carbocycles. The maximum absolute atomic E-state index is 13.3. The number of carbonyl (C=O) groups is 1. The number of hydrogen-bond donors (Lipinski definition) is 1. The van der Waals surface area contributed by atoms with Crippen molar-refractivity contribution in [1.29, 1.82) is 0 Å². The Kier molecular flexibility index (Phi) is 3.73. The van der Waals surface area contributed by atoms with E-state index in [4.69, 9.17) is 5.11 Å². The molecule has 0 atom stereocenters. The molecule has 1 N–H and O–H groups in total. The van der Waals surface area contributed by atoms with Gasteiger partial charge in [0.2, 0.25) is 0 Å². The summed E-state index contributed by atoms with van der Waals surface area (Å²) in [5, 5.41) is 8.52. The van der Waals surface area contributed by atoms with Gasteiger partial charge in [-0.25, -0.2) is 13.6 Å². The number of aliphatic carboxylic acids is 1. The van der Waals surface area contributed by atoms with Crippen LogP contribution in [0.1, 0.15) is 18.1 Å². The van der Waals surface area contributed by atoms with Gasteiger partial charge in [0.05, 0.1) is 5.56 Å². The van der Waals surface area contributed by atoms with Crippen molar-refractivity contribution in [3.8, 4) is 0 Å². The highest BCUT2D eigenvalue weighted by Gasteiger charge is 2.35. The smallest absolute Gasteiger partial charge is 0.419 e. The van der Waals surface area contributed by atoms with E-state index in [1.54, 1.807) is 0 Å². The standard InChI is InChI=1S/C11H7F5O2/c1-5(10(17)18)4-6-2-3-7(11(14,15)16)9(13)8(6)12/h2-4H,1H3,(H,17,18)/b5-4+. The Morgan fingerprint density at radius 3 is 2.22 bits per heavy atom. The van der Waals surface area contributed by atoms with E-state index in [9.17, 15) is 26.7 Å². The van der Waals surface area contributed by atoms with Gasteiger partial charge in [-0.15, -0.1) is 0 Å². The topological polar surface area (TPSA) is 37.3 Å². The summed E-state index contributed by atoms with van der Waals surface area (Å²) < 4.78 is 63.1. The van der Waals surface area contributed by atoms with Crippen molar-refractivity contribution in [3.63, 3.8) is 0 Å². The molecule has 0 unspecified atom stereocenters. The number of hydrogen-bond acceptors (Lipinski definition) is 1.